The number of fused-ring (bicyclic) bond motifs is 2. The standard InChI is InChI=1S/C28H30N4O3/c1-17(22-10-12-24-25(16-22)35-15-14-34-24)29-26(33)13-11-23-18(2)30-28-27(21-8-6-5-7-9-21)19(3)31-32(28)20(23)4/h5-10,12,16-17H,11,13-15H2,1-4H3,(H,29,33). The molecule has 0 radical (unpaired) electrons. The molecule has 5 rings (SSSR count). The van der Waals surface area contributed by atoms with Gasteiger partial charge in [-0.2, -0.15) is 5.10 Å². The molecule has 2 aromatic heterocycles. The van der Waals surface area contributed by atoms with E-state index < -0.39 is 0 Å². The molecule has 180 valence electrons. The van der Waals surface area contributed by atoms with E-state index in [1.54, 1.807) is 0 Å². The fourth-order valence-corrected chi connectivity index (χ4v) is 4.74. The van der Waals surface area contributed by atoms with Crippen LogP contribution in [0, 0.1) is 20.8 Å². The minimum atomic E-state index is -0.136. The number of rotatable bonds is 6. The number of carbonyl (C=O) groups is 1. The van der Waals surface area contributed by atoms with Gasteiger partial charge in [0.25, 0.3) is 0 Å². The van der Waals surface area contributed by atoms with Crippen LogP contribution in [0.3, 0.4) is 0 Å². The van der Waals surface area contributed by atoms with E-state index in [-0.39, 0.29) is 11.9 Å². The van der Waals surface area contributed by atoms with Crippen LogP contribution in [0.1, 0.15) is 47.6 Å². The summed E-state index contributed by atoms with van der Waals surface area (Å²) in [6.07, 6.45) is 0.968. The van der Waals surface area contributed by atoms with Crippen LogP contribution in [0.2, 0.25) is 0 Å². The molecule has 1 amide bonds. The van der Waals surface area contributed by atoms with Gasteiger partial charge < -0.3 is 14.8 Å². The van der Waals surface area contributed by atoms with E-state index in [1.165, 1.54) is 0 Å². The summed E-state index contributed by atoms with van der Waals surface area (Å²) in [7, 11) is 0. The van der Waals surface area contributed by atoms with Crippen molar-refractivity contribution in [3.63, 3.8) is 0 Å². The molecule has 1 atom stereocenters. The van der Waals surface area contributed by atoms with Crippen molar-refractivity contribution in [2.75, 3.05) is 13.2 Å². The first-order valence-electron chi connectivity index (χ1n) is 12.0. The zero-order chi connectivity index (χ0) is 24.5. The number of carbonyl (C=O) groups excluding carboxylic acids is 1. The van der Waals surface area contributed by atoms with E-state index >= 15 is 0 Å². The van der Waals surface area contributed by atoms with Crippen molar-refractivity contribution < 1.29 is 14.3 Å². The Morgan fingerprint density at radius 1 is 1.03 bits per heavy atom. The van der Waals surface area contributed by atoms with Gasteiger partial charge in [0.15, 0.2) is 17.1 Å². The number of nitrogens with one attached hydrogen (secondary N) is 1. The van der Waals surface area contributed by atoms with Crippen LogP contribution < -0.4 is 14.8 Å². The molecule has 1 N–H and O–H groups in total. The fourth-order valence-electron chi connectivity index (χ4n) is 4.74. The number of hydrogen-bond donors (Lipinski definition) is 1. The lowest BCUT2D eigenvalue weighted by Crippen LogP contribution is -2.27. The number of amides is 1. The van der Waals surface area contributed by atoms with Crippen LogP contribution in [0.4, 0.5) is 0 Å². The summed E-state index contributed by atoms with van der Waals surface area (Å²) in [6, 6.07) is 15.9. The van der Waals surface area contributed by atoms with Crippen molar-refractivity contribution >= 4 is 11.6 Å². The van der Waals surface area contributed by atoms with E-state index in [2.05, 4.69) is 17.4 Å². The first-order valence-corrected chi connectivity index (χ1v) is 12.0. The van der Waals surface area contributed by atoms with Crippen LogP contribution in [-0.2, 0) is 11.2 Å². The number of aryl methyl sites for hydroxylation is 3. The highest BCUT2D eigenvalue weighted by Gasteiger charge is 2.19. The predicted octanol–water partition coefficient (Wildman–Crippen LogP) is 4.90. The molecule has 35 heavy (non-hydrogen) atoms. The number of nitrogens with zero attached hydrogens (tertiary/aromatic N) is 3. The van der Waals surface area contributed by atoms with Gasteiger partial charge in [0, 0.05) is 23.4 Å². The molecular formula is C28H30N4O3. The Balaban J connectivity index is 1.31. The maximum absolute atomic E-state index is 12.8. The third-order valence-electron chi connectivity index (χ3n) is 6.61. The molecule has 1 aliphatic heterocycles. The summed E-state index contributed by atoms with van der Waals surface area (Å²) in [4.78, 5) is 17.7. The lowest BCUT2D eigenvalue weighted by molar-refractivity contribution is -0.121. The lowest BCUT2D eigenvalue weighted by Gasteiger charge is -2.21. The zero-order valence-electron chi connectivity index (χ0n) is 20.6. The largest absolute Gasteiger partial charge is 0.486 e. The molecule has 4 aromatic rings. The second-order valence-corrected chi connectivity index (χ2v) is 9.02. The van der Waals surface area contributed by atoms with Crippen molar-refractivity contribution in [2.24, 2.45) is 0 Å². The zero-order valence-corrected chi connectivity index (χ0v) is 20.6. The third-order valence-corrected chi connectivity index (χ3v) is 6.61. The van der Waals surface area contributed by atoms with E-state index in [0.29, 0.717) is 26.1 Å². The highest BCUT2D eigenvalue weighted by atomic mass is 16.6. The van der Waals surface area contributed by atoms with Crippen LogP contribution in [-0.4, -0.2) is 33.7 Å². The quantitative estimate of drug-likeness (QED) is 0.434. The van der Waals surface area contributed by atoms with E-state index in [1.807, 2.05) is 68.6 Å². The molecule has 0 bridgehead atoms. The van der Waals surface area contributed by atoms with Crippen LogP contribution in [0.5, 0.6) is 11.5 Å². The van der Waals surface area contributed by atoms with Gasteiger partial charge >= 0.3 is 0 Å². The Labute approximate surface area is 205 Å². The Morgan fingerprint density at radius 2 is 1.77 bits per heavy atom. The highest BCUT2D eigenvalue weighted by Crippen LogP contribution is 2.33. The number of ether oxygens (including phenoxy) is 2. The molecule has 0 aliphatic carbocycles. The van der Waals surface area contributed by atoms with Gasteiger partial charge in [-0.05, 0) is 62.9 Å². The second kappa shape index (κ2) is 9.41. The molecule has 7 heteroatoms. The van der Waals surface area contributed by atoms with Crippen molar-refractivity contribution in [3.05, 3.63) is 76.7 Å². The lowest BCUT2D eigenvalue weighted by atomic mass is 10.0. The summed E-state index contributed by atoms with van der Waals surface area (Å²) in [5.41, 5.74) is 7.94. The van der Waals surface area contributed by atoms with E-state index in [0.717, 1.165) is 56.5 Å². The Bertz CT molecular complexity index is 1390. The van der Waals surface area contributed by atoms with Crippen LogP contribution in [0.15, 0.2) is 48.5 Å². The topological polar surface area (TPSA) is 77.8 Å². The van der Waals surface area contributed by atoms with Gasteiger partial charge in [0.1, 0.15) is 13.2 Å². The first-order chi connectivity index (χ1) is 16.9. The molecule has 2 aromatic carbocycles. The molecule has 1 aliphatic rings. The number of benzene rings is 2. The minimum absolute atomic E-state index is 0.00657. The molecule has 0 spiro atoms. The third kappa shape index (κ3) is 4.46. The fraction of sp³-hybridized carbons (Fsp3) is 0.321. The second-order valence-electron chi connectivity index (χ2n) is 9.02. The van der Waals surface area contributed by atoms with Crippen molar-refractivity contribution in [2.45, 2.75) is 46.6 Å². The highest BCUT2D eigenvalue weighted by molar-refractivity contribution is 5.80. The number of hydrogen-bond acceptors (Lipinski definition) is 5. The van der Waals surface area contributed by atoms with Gasteiger partial charge in [0.05, 0.1) is 11.7 Å². The summed E-state index contributed by atoms with van der Waals surface area (Å²) >= 11 is 0. The molecule has 1 unspecified atom stereocenters. The normalized spacial score (nSPS) is 13.6. The summed E-state index contributed by atoms with van der Waals surface area (Å²) in [5.74, 6) is 1.47. The Hall–Kier alpha value is -3.87. The van der Waals surface area contributed by atoms with Crippen LogP contribution >= 0.6 is 0 Å². The van der Waals surface area contributed by atoms with Crippen LogP contribution in [0.25, 0.3) is 16.8 Å². The average molecular weight is 471 g/mol. The maximum Gasteiger partial charge on any atom is 0.220 e. The molecule has 3 heterocycles. The van der Waals surface area contributed by atoms with E-state index in [9.17, 15) is 4.79 Å². The SMILES string of the molecule is Cc1nc2c(-c3ccccc3)c(C)nn2c(C)c1CCC(=O)NC(C)c1ccc2c(c1)OCCO2. The monoisotopic (exact) mass is 470 g/mol. The van der Waals surface area contributed by atoms with Gasteiger partial charge in [-0.15, -0.1) is 0 Å². The molecule has 0 saturated heterocycles. The van der Waals surface area contributed by atoms with Gasteiger partial charge in [-0.25, -0.2) is 9.50 Å². The Morgan fingerprint density at radius 3 is 2.54 bits per heavy atom. The van der Waals surface area contributed by atoms with Crippen molar-refractivity contribution in [3.8, 4) is 22.6 Å². The van der Waals surface area contributed by atoms with E-state index in [4.69, 9.17) is 19.6 Å². The first kappa shape index (κ1) is 22.9. The molecule has 7 nitrogen and oxygen atoms in total. The molecule has 0 saturated carbocycles. The summed E-state index contributed by atoms with van der Waals surface area (Å²) < 4.78 is 13.2. The van der Waals surface area contributed by atoms with Crippen molar-refractivity contribution in [1.29, 1.82) is 0 Å². The number of aromatic nitrogens is 3. The smallest absolute Gasteiger partial charge is 0.220 e. The van der Waals surface area contributed by atoms with Crippen molar-refractivity contribution in [1.82, 2.24) is 19.9 Å². The van der Waals surface area contributed by atoms with Gasteiger partial charge in [-0.1, -0.05) is 36.4 Å². The summed E-state index contributed by atoms with van der Waals surface area (Å²) in [6.45, 7) is 9.15. The van der Waals surface area contributed by atoms with Gasteiger partial charge in [0.2, 0.25) is 5.91 Å². The van der Waals surface area contributed by atoms with Gasteiger partial charge in [-0.3, -0.25) is 4.79 Å². The Kier molecular flexibility index (Phi) is 6.16. The molecular weight excluding hydrogens is 440 g/mol. The minimum Gasteiger partial charge on any atom is -0.486 e. The maximum atomic E-state index is 12.8. The molecule has 0 fully saturated rings. The predicted molar refractivity (Wildman–Crippen MR) is 135 cm³/mol. The summed E-state index contributed by atoms with van der Waals surface area (Å²) in [5, 5.41) is 7.88. The average Bonchev–Trinajstić information content (AvgIpc) is 3.19.